The van der Waals surface area contributed by atoms with Gasteiger partial charge >= 0.3 is 0 Å². The fourth-order valence-electron chi connectivity index (χ4n) is 2.54. The zero-order chi connectivity index (χ0) is 17.2. The van der Waals surface area contributed by atoms with E-state index >= 15 is 0 Å². The van der Waals surface area contributed by atoms with E-state index in [0.717, 1.165) is 11.4 Å². The summed E-state index contributed by atoms with van der Waals surface area (Å²) in [4.78, 5) is 8.71. The van der Waals surface area contributed by atoms with E-state index in [-0.39, 0.29) is 0 Å². The molecule has 0 saturated carbocycles. The first kappa shape index (κ1) is 15.0. The molecule has 4 aromatic rings. The Balaban J connectivity index is 1.77. The SMILES string of the molecule is COc1ccc(-n2ccnc2-c2ccc(-c3ccn[nH]3)o2)c(OC)n1. The number of furan rings is 1. The predicted molar refractivity (Wildman–Crippen MR) is 89.7 cm³/mol. The lowest BCUT2D eigenvalue weighted by molar-refractivity contribution is 0.363. The Labute approximate surface area is 143 Å². The molecule has 0 unspecified atom stereocenters. The van der Waals surface area contributed by atoms with Crippen LogP contribution in [0.4, 0.5) is 0 Å². The molecule has 0 saturated heterocycles. The van der Waals surface area contributed by atoms with Crippen molar-refractivity contribution in [3.8, 4) is 40.5 Å². The van der Waals surface area contributed by atoms with Crippen molar-refractivity contribution in [2.45, 2.75) is 0 Å². The van der Waals surface area contributed by atoms with Crippen molar-refractivity contribution in [3.63, 3.8) is 0 Å². The normalized spacial score (nSPS) is 10.8. The van der Waals surface area contributed by atoms with Crippen molar-refractivity contribution in [2.75, 3.05) is 14.2 Å². The lowest BCUT2D eigenvalue weighted by Crippen LogP contribution is -2.02. The van der Waals surface area contributed by atoms with E-state index in [1.54, 1.807) is 32.7 Å². The van der Waals surface area contributed by atoms with Crippen LogP contribution in [0.25, 0.3) is 28.7 Å². The molecule has 8 heteroatoms. The van der Waals surface area contributed by atoms with E-state index < -0.39 is 0 Å². The molecule has 0 aromatic carbocycles. The minimum absolute atomic E-state index is 0.430. The summed E-state index contributed by atoms with van der Waals surface area (Å²) in [5.74, 6) is 2.84. The number of pyridine rings is 1. The molecule has 0 radical (unpaired) electrons. The molecule has 4 heterocycles. The van der Waals surface area contributed by atoms with Gasteiger partial charge in [-0.15, -0.1) is 0 Å². The average molecular weight is 337 g/mol. The number of nitrogens with zero attached hydrogens (tertiary/aromatic N) is 4. The van der Waals surface area contributed by atoms with E-state index in [1.165, 1.54) is 0 Å². The number of imidazole rings is 1. The average Bonchev–Trinajstić information content (AvgIpc) is 3.41. The molecule has 0 fully saturated rings. The predicted octanol–water partition coefficient (Wildman–Crippen LogP) is 2.93. The van der Waals surface area contributed by atoms with Crippen LogP contribution in [0.1, 0.15) is 0 Å². The maximum atomic E-state index is 5.91. The highest BCUT2D eigenvalue weighted by atomic mass is 16.5. The quantitative estimate of drug-likeness (QED) is 0.602. The second-order valence-electron chi connectivity index (χ2n) is 5.14. The number of aromatic amines is 1. The Hall–Kier alpha value is -3.55. The van der Waals surface area contributed by atoms with Gasteiger partial charge < -0.3 is 13.9 Å². The minimum Gasteiger partial charge on any atom is -0.481 e. The van der Waals surface area contributed by atoms with Crippen molar-refractivity contribution >= 4 is 0 Å². The monoisotopic (exact) mass is 337 g/mol. The van der Waals surface area contributed by atoms with E-state index in [1.807, 2.05) is 35.0 Å². The highest BCUT2D eigenvalue weighted by Crippen LogP contribution is 2.31. The molecule has 0 aliphatic heterocycles. The summed E-state index contributed by atoms with van der Waals surface area (Å²) in [6, 6.07) is 9.18. The second-order valence-corrected chi connectivity index (χ2v) is 5.14. The van der Waals surface area contributed by atoms with Gasteiger partial charge in [0.05, 0.1) is 14.2 Å². The minimum atomic E-state index is 0.430. The van der Waals surface area contributed by atoms with Crippen molar-refractivity contribution in [2.24, 2.45) is 0 Å². The van der Waals surface area contributed by atoms with Gasteiger partial charge in [-0.2, -0.15) is 10.1 Å². The first-order valence-corrected chi connectivity index (χ1v) is 7.53. The molecule has 0 aliphatic carbocycles. The van der Waals surface area contributed by atoms with Gasteiger partial charge in [0.1, 0.15) is 11.4 Å². The molecule has 0 amide bonds. The van der Waals surface area contributed by atoms with Crippen LogP contribution in [0.2, 0.25) is 0 Å². The third-order valence-electron chi connectivity index (χ3n) is 3.71. The van der Waals surface area contributed by atoms with Gasteiger partial charge in [0.15, 0.2) is 17.3 Å². The number of rotatable bonds is 5. The largest absolute Gasteiger partial charge is 0.481 e. The first-order valence-electron chi connectivity index (χ1n) is 7.53. The van der Waals surface area contributed by atoms with Gasteiger partial charge in [-0.05, 0) is 24.3 Å². The summed E-state index contributed by atoms with van der Waals surface area (Å²) < 4.78 is 18.3. The van der Waals surface area contributed by atoms with Gasteiger partial charge in [0.2, 0.25) is 11.8 Å². The zero-order valence-electron chi connectivity index (χ0n) is 13.6. The van der Waals surface area contributed by atoms with Crippen molar-refractivity contribution < 1.29 is 13.9 Å². The van der Waals surface area contributed by atoms with Crippen molar-refractivity contribution in [1.29, 1.82) is 0 Å². The van der Waals surface area contributed by atoms with Crippen LogP contribution < -0.4 is 9.47 Å². The van der Waals surface area contributed by atoms with Gasteiger partial charge in [0, 0.05) is 24.7 Å². The van der Waals surface area contributed by atoms with Gasteiger partial charge in [-0.25, -0.2) is 4.98 Å². The maximum absolute atomic E-state index is 5.91. The zero-order valence-corrected chi connectivity index (χ0v) is 13.6. The number of ether oxygens (including phenoxy) is 2. The topological polar surface area (TPSA) is 91.0 Å². The Morgan fingerprint density at radius 1 is 1.00 bits per heavy atom. The molecule has 0 bridgehead atoms. The molecule has 4 aromatic heterocycles. The van der Waals surface area contributed by atoms with Crippen molar-refractivity contribution in [1.82, 2.24) is 24.7 Å². The Kier molecular flexibility index (Phi) is 3.70. The van der Waals surface area contributed by atoms with Gasteiger partial charge in [-0.3, -0.25) is 9.67 Å². The fraction of sp³-hybridized carbons (Fsp3) is 0.118. The highest BCUT2D eigenvalue weighted by molar-refractivity contribution is 5.60. The number of hydrogen-bond donors (Lipinski definition) is 1. The summed E-state index contributed by atoms with van der Waals surface area (Å²) >= 11 is 0. The van der Waals surface area contributed by atoms with E-state index in [0.29, 0.717) is 29.1 Å². The third-order valence-corrected chi connectivity index (χ3v) is 3.71. The lowest BCUT2D eigenvalue weighted by Gasteiger charge is -2.11. The van der Waals surface area contributed by atoms with E-state index in [4.69, 9.17) is 13.9 Å². The summed E-state index contributed by atoms with van der Waals surface area (Å²) in [7, 11) is 3.12. The number of H-pyrrole nitrogens is 1. The Morgan fingerprint density at radius 3 is 2.64 bits per heavy atom. The number of nitrogens with one attached hydrogen (secondary N) is 1. The molecule has 126 valence electrons. The van der Waals surface area contributed by atoms with Crippen LogP contribution in [0, 0.1) is 0 Å². The first-order chi connectivity index (χ1) is 12.3. The van der Waals surface area contributed by atoms with Gasteiger partial charge in [-0.1, -0.05) is 0 Å². The number of aromatic nitrogens is 5. The molecule has 4 rings (SSSR count). The molecule has 25 heavy (non-hydrogen) atoms. The summed E-state index contributed by atoms with van der Waals surface area (Å²) in [6.07, 6.45) is 5.18. The molecule has 8 nitrogen and oxygen atoms in total. The van der Waals surface area contributed by atoms with Crippen LogP contribution in [0.5, 0.6) is 11.8 Å². The summed E-state index contributed by atoms with van der Waals surface area (Å²) in [6.45, 7) is 0. The van der Waals surface area contributed by atoms with Gasteiger partial charge in [0.25, 0.3) is 0 Å². The molecule has 0 atom stereocenters. The standard InChI is InChI=1S/C17H15N5O3/c1-23-15-6-3-12(17(20-15)24-2)22-10-9-18-16(22)14-5-4-13(25-14)11-7-8-19-21-11/h3-10H,1-2H3,(H,19,21). The third kappa shape index (κ3) is 2.63. The second kappa shape index (κ2) is 6.16. The molecule has 0 aliphatic rings. The van der Waals surface area contributed by atoms with Crippen LogP contribution in [0.3, 0.4) is 0 Å². The fourth-order valence-corrected chi connectivity index (χ4v) is 2.54. The van der Waals surface area contributed by atoms with Crippen LogP contribution >= 0.6 is 0 Å². The van der Waals surface area contributed by atoms with Crippen LogP contribution in [0.15, 0.2) is 53.3 Å². The summed E-state index contributed by atoms with van der Waals surface area (Å²) in [5.41, 5.74) is 1.53. The Bertz CT molecular complexity index is 988. The lowest BCUT2D eigenvalue weighted by atomic mass is 10.3. The maximum Gasteiger partial charge on any atom is 0.241 e. The van der Waals surface area contributed by atoms with E-state index in [9.17, 15) is 0 Å². The number of methoxy groups -OCH3 is 2. The smallest absolute Gasteiger partial charge is 0.241 e. The summed E-state index contributed by atoms with van der Waals surface area (Å²) in [5, 5.41) is 6.81. The molecule has 1 N–H and O–H groups in total. The molecule has 0 spiro atoms. The van der Waals surface area contributed by atoms with Crippen molar-refractivity contribution in [3.05, 3.63) is 48.9 Å². The number of hydrogen-bond acceptors (Lipinski definition) is 6. The van der Waals surface area contributed by atoms with Crippen LogP contribution in [-0.4, -0.2) is 39.0 Å². The van der Waals surface area contributed by atoms with Crippen LogP contribution in [-0.2, 0) is 0 Å². The van der Waals surface area contributed by atoms with E-state index in [2.05, 4.69) is 20.2 Å². The molecular formula is C17H15N5O3. The Morgan fingerprint density at radius 2 is 1.88 bits per heavy atom. The highest BCUT2D eigenvalue weighted by Gasteiger charge is 2.17. The molecular weight excluding hydrogens is 322 g/mol.